The van der Waals surface area contributed by atoms with Crippen LogP contribution in [-0.2, 0) is 19.1 Å². The molecule has 0 unspecified atom stereocenters. The molecule has 0 saturated carbocycles. The molecule has 0 amide bonds. The van der Waals surface area contributed by atoms with Crippen LogP contribution in [0.1, 0.15) is 12.5 Å². The Balaban J connectivity index is 2.19. The van der Waals surface area contributed by atoms with Gasteiger partial charge in [0.15, 0.2) is 17.5 Å². The van der Waals surface area contributed by atoms with Gasteiger partial charge in [0.05, 0.1) is 0 Å². The molecule has 0 N–H and O–H groups in total. The summed E-state index contributed by atoms with van der Waals surface area (Å²) in [7, 11) is 0. The van der Waals surface area contributed by atoms with Crippen molar-refractivity contribution in [2.24, 2.45) is 5.92 Å². The van der Waals surface area contributed by atoms with Crippen LogP contribution in [0.25, 0.3) is 6.08 Å². The van der Waals surface area contributed by atoms with E-state index in [0.29, 0.717) is 0 Å². The van der Waals surface area contributed by atoms with Crippen LogP contribution < -0.4 is 0 Å². The molecule has 0 aliphatic carbocycles. The molecule has 1 aromatic carbocycles. The third kappa shape index (κ3) is 3.11. The van der Waals surface area contributed by atoms with E-state index in [1.54, 1.807) is 12.1 Å². The molecule has 1 atom stereocenters. The van der Waals surface area contributed by atoms with E-state index in [0.717, 1.165) is 16.1 Å². The average molecular weight is 335 g/mol. The standard InChI is InChI=1S/C15H11BrO4/c1-9-8-13(18)14(15(19)20-9)12(17)7-6-10-4-2-3-5-11(10)16/h2-8,14H,1H3/b7-6+/t14-/m1/s1. The zero-order valence-corrected chi connectivity index (χ0v) is 12.2. The minimum atomic E-state index is -1.39. The van der Waals surface area contributed by atoms with Crippen molar-refractivity contribution in [3.63, 3.8) is 0 Å². The van der Waals surface area contributed by atoms with Crippen LogP contribution in [0.3, 0.4) is 0 Å². The lowest BCUT2D eigenvalue weighted by molar-refractivity contribution is -0.151. The van der Waals surface area contributed by atoms with Crippen molar-refractivity contribution in [3.05, 3.63) is 52.2 Å². The van der Waals surface area contributed by atoms with Crippen molar-refractivity contribution in [1.29, 1.82) is 0 Å². The van der Waals surface area contributed by atoms with E-state index < -0.39 is 23.5 Å². The molecule has 0 spiro atoms. The van der Waals surface area contributed by atoms with Crippen LogP contribution in [0.2, 0.25) is 0 Å². The van der Waals surface area contributed by atoms with Crippen molar-refractivity contribution in [1.82, 2.24) is 0 Å². The molecule has 5 heteroatoms. The van der Waals surface area contributed by atoms with Gasteiger partial charge >= 0.3 is 5.97 Å². The summed E-state index contributed by atoms with van der Waals surface area (Å²) in [5.74, 6) is -3.13. The first-order valence-corrected chi connectivity index (χ1v) is 6.68. The number of cyclic esters (lactones) is 1. The molecule has 0 bridgehead atoms. The van der Waals surface area contributed by atoms with Crippen molar-refractivity contribution in [2.75, 3.05) is 0 Å². The number of benzene rings is 1. The highest BCUT2D eigenvalue weighted by atomic mass is 79.9. The Hall–Kier alpha value is -2.01. The lowest BCUT2D eigenvalue weighted by atomic mass is 9.96. The Kier molecular flexibility index (Phi) is 4.29. The van der Waals surface area contributed by atoms with Gasteiger partial charge in [-0.3, -0.25) is 14.4 Å². The smallest absolute Gasteiger partial charge is 0.329 e. The number of esters is 1. The lowest BCUT2D eigenvalue weighted by Gasteiger charge is -2.15. The van der Waals surface area contributed by atoms with Crippen LogP contribution in [0.4, 0.5) is 0 Å². The summed E-state index contributed by atoms with van der Waals surface area (Å²) in [6.45, 7) is 1.49. The maximum absolute atomic E-state index is 12.0. The first-order valence-electron chi connectivity index (χ1n) is 5.89. The molecule has 4 nitrogen and oxygen atoms in total. The number of rotatable bonds is 3. The van der Waals surface area contributed by atoms with Crippen molar-refractivity contribution in [2.45, 2.75) is 6.92 Å². The van der Waals surface area contributed by atoms with Crippen LogP contribution in [0.5, 0.6) is 0 Å². The monoisotopic (exact) mass is 334 g/mol. The van der Waals surface area contributed by atoms with E-state index in [9.17, 15) is 14.4 Å². The van der Waals surface area contributed by atoms with Gasteiger partial charge in [0, 0.05) is 10.5 Å². The number of hydrogen-bond acceptors (Lipinski definition) is 4. The molecule has 1 heterocycles. The number of halogens is 1. The maximum atomic E-state index is 12.0. The second-order valence-electron chi connectivity index (χ2n) is 4.27. The highest BCUT2D eigenvalue weighted by Gasteiger charge is 2.36. The molecule has 1 aliphatic rings. The second-order valence-corrected chi connectivity index (χ2v) is 5.12. The zero-order chi connectivity index (χ0) is 14.7. The van der Waals surface area contributed by atoms with Crippen molar-refractivity contribution < 1.29 is 19.1 Å². The summed E-state index contributed by atoms with van der Waals surface area (Å²) in [5, 5.41) is 0. The third-order valence-corrected chi connectivity index (χ3v) is 3.47. The predicted molar refractivity (Wildman–Crippen MR) is 76.5 cm³/mol. The quantitative estimate of drug-likeness (QED) is 0.484. The van der Waals surface area contributed by atoms with Gasteiger partial charge in [-0.25, -0.2) is 0 Å². The summed E-state index contributed by atoms with van der Waals surface area (Å²) in [5.41, 5.74) is 0.782. The van der Waals surface area contributed by atoms with E-state index in [1.165, 1.54) is 13.0 Å². The van der Waals surface area contributed by atoms with Gasteiger partial charge in [-0.05, 0) is 24.6 Å². The minimum absolute atomic E-state index is 0.207. The molecule has 102 valence electrons. The molecule has 0 fully saturated rings. The number of ether oxygens (including phenoxy) is 1. The number of ketones is 2. The minimum Gasteiger partial charge on any atom is -0.430 e. The Labute approximate surface area is 124 Å². The SMILES string of the molecule is CC1=CC(=O)[C@@H](C(=O)/C=C/c2ccccc2Br)C(=O)O1. The van der Waals surface area contributed by atoms with E-state index in [2.05, 4.69) is 15.9 Å². The molecule has 1 aliphatic heterocycles. The number of hydrogen-bond donors (Lipinski definition) is 0. The highest BCUT2D eigenvalue weighted by molar-refractivity contribution is 9.10. The van der Waals surface area contributed by atoms with Crippen LogP contribution in [0, 0.1) is 5.92 Å². The Morgan fingerprint density at radius 2 is 2.00 bits per heavy atom. The van der Waals surface area contributed by atoms with E-state index in [-0.39, 0.29) is 5.76 Å². The van der Waals surface area contributed by atoms with Crippen LogP contribution in [-0.4, -0.2) is 17.5 Å². The zero-order valence-electron chi connectivity index (χ0n) is 10.6. The number of allylic oxidation sites excluding steroid dienone is 3. The van der Waals surface area contributed by atoms with E-state index >= 15 is 0 Å². The first kappa shape index (κ1) is 14.4. The Morgan fingerprint density at radius 1 is 1.30 bits per heavy atom. The molecule has 20 heavy (non-hydrogen) atoms. The lowest BCUT2D eigenvalue weighted by Crippen LogP contribution is -2.34. The summed E-state index contributed by atoms with van der Waals surface area (Å²) in [4.78, 5) is 35.2. The van der Waals surface area contributed by atoms with Crippen molar-refractivity contribution >= 4 is 39.5 Å². The fraction of sp³-hybridized carbons (Fsp3) is 0.133. The fourth-order valence-corrected chi connectivity index (χ4v) is 2.20. The highest BCUT2D eigenvalue weighted by Crippen LogP contribution is 2.19. The van der Waals surface area contributed by atoms with Crippen molar-refractivity contribution in [3.8, 4) is 0 Å². The predicted octanol–water partition coefficient (Wildman–Crippen LogP) is 2.68. The maximum Gasteiger partial charge on any atom is 0.329 e. The molecule has 0 radical (unpaired) electrons. The third-order valence-electron chi connectivity index (χ3n) is 2.74. The molecule has 1 aromatic rings. The molecule has 2 rings (SSSR count). The summed E-state index contributed by atoms with van der Waals surface area (Å²) < 4.78 is 5.62. The molecule has 0 aromatic heterocycles. The van der Waals surface area contributed by atoms with E-state index in [1.807, 2.05) is 18.2 Å². The summed E-state index contributed by atoms with van der Waals surface area (Å²) in [6.07, 6.45) is 3.94. The van der Waals surface area contributed by atoms with Gasteiger partial charge in [-0.1, -0.05) is 40.2 Å². The van der Waals surface area contributed by atoms with Gasteiger partial charge in [0.1, 0.15) is 5.76 Å². The summed E-state index contributed by atoms with van der Waals surface area (Å²) in [6, 6.07) is 7.30. The molecular formula is C15H11BrO4. The summed E-state index contributed by atoms with van der Waals surface area (Å²) >= 11 is 3.34. The Bertz CT molecular complexity index is 643. The first-order chi connectivity index (χ1) is 9.49. The molecular weight excluding hydrogens is 324 g/mol. The Morgan fingerprint density at radius 3 is 2.65 bits per heavy atom. The van der Waals surface area contributed by atoms with Gasteiger partial charge < -0.3 is 4.74 Å². The van der Waals surface area contributed by atoms with Gasteiger partial charge in [-0.2, -0.15) is 0 Å². The van der Waals surface area contributed by atoms with Gasteiger partial charge in [-0.15, -0.1) is 0 Å². The largest absolute Gasteiger partial charge is 0.430 e. The average Bonchev–Trinajstić information content (AvgIpc) is 2.36. The van der Waals surface area contributed by atoms with Gasteiger partial charge in [0.2, 0.25) is 0 Å². The van der Waals surface area contributed by atoms with Crippen LogP contribution in [0.15, 0.2) is 46.6 Å². The topological polar surface area (TPSA) is 60.4 Å². The molecule has 0 saturated heterocycles. The number of carbonyl (C=O) groups excluding carboxylic acids is 3. The van der Waals surface area contributed by atoms with Gasteiger partial charge in [0.25, 0.3) is 0 Å². The second kappa shape index (κ2) is 5.96. The number of carbonyl (C=O) groups is 3. The fourth-order valence-electron chi connectivity index (χ4n) is 1.78. The van der Waals surface area contributed by atoms with Crippen LogP contribution >= 0.6 is 15.9 Å². The van der Waals surface area contributed by atoms with E-state index in [4.69, 9.17) is 4.74 Å². The normalized spacial score (nSPS) is 18.9.